The summed E-state index contributed by atoms with van der Waals surface area (Å²) in [6, 6.07) is 12.8. The average molecular weight is 554 g/mol. The zero-order valence-electron chi connectivity index (χ0n) is 20.3. The Kier molecular flexibility index (Phi) is 7.40. The van der Waals surface area contributed by atoms with E-state index >= 15 is 0 Å². The first kappa shape index (κ1) is 25.8. The number of hydrogen-bond donors (Lipinski definition) is 2. The van der Waals surface area contributed by atoms with E-state index in [0.717, 1.165) is 17.9 Å². The van der Waals surface area contributed by atoms with Crippen molar-refractivity contribution in [1.29, 1.82) is 0 Å². The van der Waals surface area contributed by atoms with E-state index in [9.17, 15) is 14.4 Å². The number of ether oxygens (including phenoxy) is 1. The molecule has 0 radical (unpaired) electrons. The summed E-state index contributed by atoms with van der Waals surface area (Å²) < 4.78 is 6.03. The van der Waals surface area contributed by atoms with E-state index in [0.29, 0.717) is 12.6 Å². The number of fused-ring (bicyclic) bond motifs is 1. The molecular formula is C27H25Cl2N5O4. The topological polar surface area (TPSA) is 118 Å². The summed E-state index contributed by atoms with van der Waals surface area (Å²) >= 11 is 12.8. The Balaban J connectivity index is 1.38. The molecule has 38 heavy (non-hydrogen) atoms. The lowest BCUT2D eigenvalue weighted by Crippen LogP contribution is -2.45. The quantitative estimate of drug-likeness (QED) is 0.426. The molecule has 2 aliphatic rings. The number of nitrogens with zero attached hydrogens (tertiary/aromatic N) is 3. The number of anilines is 2. The van der Waals surface area contributed by atoms with E-state index in [1.54, 1.807) is 11.0 Å². The highest BCUT2D eigenvalue weighted by Crippen LogP contribution is 2.41. The second kappa shape index (κ2) is 10.9. The number of nitrogens with one attached hydrogen (secondary N) is 1. The van der Waals surface area contributed by atoms with Gasteiger partial charge in [0.1, 0.15) is 17.1 Å². The number of pyridine rings is 1. The lowest BCUT2D eigenvalue weighted by Gasteiger charge is -2.38. The molecule has 1 saturated carbocycles. The van der Waals surface area contributed by atoms with Gasteiger partial charge in [0.05, 0.1) is 27.0 Å². The van der Waals surface area contributed by atoms with Crippen LogP contribution in [-0.2, 0) is 4.79 Å². The molecular weight excluding hydrogens is 529 g/mol. The number of nitrogens with two attached hydrogens (primary N) is 1. The van der Waals surface area contributed by atoms with Gasteiger partial charge in [0.15, 0.2) is 0 Å². The van der Waals surface area contributed by atoms with Gasteiger partial charge in [-0.05, 0) is 37.1 Å². The van der Waals surface area contributed by atoms with Gasteiger partial charge >= 0.3 is 0 Å². The first-order chi connectivity index (χ1) is 18.3. The van der Waals surface area contributed by atoms with Crippen LogP contribution >= 0.6 is 23.2 Å². The highest BCUT2D eigenvalue weighted by Gasteiger charge is 2.36. The standard InChI is InChI=1S/C27H25Cl2N5O4/c28-19-14-24(20(29)13-17(19)26(36)32-10-8-25(30)35)38-23-7-9-31-15-18(23)27(37)34-12-11-33(16-5-6-16)21-3-1-2-4-22(21)34/h1-4,7,9,13-16H,5-6,8,10-12H2,(H2,30,35)(H,32,36). The molecule has 196 valence electrons. The van der Waals surface area contributed by atoms with Gasteiger partial charge in [0, 0.05) is 50.6 Å². The smallest absolute Gasteiger partial charge is 0.263 e. The predicted molar refractivity (Wildman–Crippen MR) is 145 cm³/mol. The number of hydrogen-bond acceptors (Lipinski definition) is 6. The van der Waals surface area contributed by atoms with Crippen LogP contribution in [0.15, 0.2) is 54.9 Å². The van der Waals surface area contributed by atoms with Crippen LogP contribution in [0.2, 0.25) is 10.0 Å². The summed E-state index contributed by atoms with van der Waals surface area (Å²) in [5, 5.41) is 2.77. The van der Waals surface area contributed by atoms with Crippen LogP contribution in [0.25, 0.3) is 0 Å². The van der Waals surface area contributed by atoms with Crippen molar-refractivity contribution in [2.24, 2.45) is 5.73 Å². The summed E-state index contributed by atoms with van der Waals surface area (Å²) in [7, 11) is 0. The van der Waals surface area contributed by atoms with Crippen LogP contribution in [0.1, 0.15) is 40.0 Å². The van der Waals surface area contributed by atoms with Crippen molar-refractivity contribution in [3.8, 4) is 11.5 Å². The minimum atomic E-state index is -0.533. The number of carbonyl (C=O) groups is 3. The third-order valence-electron chi connectivity index (χ3n) is 6.43. The third-order valence-corrected chi connectivity index (χ3v) is 7.04. The average Bonchev–Trinajstić information content (AvgIpc) is 3.75. The van der Waals surface area contributed by atoms with Gasteiger partial charge in [-0.25, -0.2) is 0 Å². The number of para-hydroxylation sites is 2. The lowest BCUT2D eigenvalue weighted by molar-refractivity contribution is -0.117. The van der Waals surface area contributed by atoms with E-state index < -0.39 is 11.8 Å². The maximum atomic E-state index is 13.8. The Labute approximate surface area is 229 Å². The van der Waals surface area contributed by atoms with Gasteiger partial charge in [-0.15, -0.1) is 0 Å². The van der Waals surface area contributed by atoms with Gasteiger partial charge in [0.2, 0.25) is 5.91 Å². The molecule has 3 N–H and O–H groups in total. The molecule has 0 atom stereocenters. The number of amides is 3. The summed E-state index contributed by atoms with van der Waals surface area (Å²) in [5.74, 6) is -0.861. The Morgan fingerprint density at radius 2 is 1.76 bits per heavy atom. The SMILES string of the molecule is NC(=O)CCNC(=O)c1cc(Cl)c(Oc2ccncc2C(=O)N2CCN(C3CC3)c3ccccc32)cc1Cl. The second-order valence-corrected chi connectivity index (χ2v) is 9.89. The van der Waals surface area contributed by atoms with Crippen LogP contribution in [0.3, 0.4) is 0 Å². The fraction of sp³-hybridized carbons (Fsp3) is 0.259. The molecule has 0 spiro atoms. The molecule has 11 heteroatoms. The number of benzene rings is 2. The normalized spacial score (nSPS) is 14.6. The molecule has 1 fully saturated rings. The summed E-state index contributed by atoms with van der Waals surface area (Å²) in [5.41, 5.74) is 7.37. The minimum Gasteiger partial charge on any atom is -0.455 e. The van der Waals surface area contributed by atoms with Gasteiger partial charge in [-0.1, -0.05) is 35.3 Å². The van der Waals surface area contributed by atoms with E-state index in [2.05, 4.69) is 15.2 Å². The second-order valence-electron chi connectivity index (χ2n) is 9.08. The van der Waals surface area contributed by atoms with Crippen molar-refractivity contribution in [3.63, 3.8) is 0 Å². The van der Waals surface area contributed by atoms with E-state index in [1.807, 2.05) is 24.3 Å². The zero-order chi connectivity index (χ0) is 26.8. The van der Waals surface area contributed by atoms with Crippen molar-refractivity contribution in [2.45, 2.75) is 25.3 Å². The van der Waals surface area contributed by atoms with Crippen molar-refractivity contribution >= 4 is 52.3 Å². The molecule has 3 amide bonds. The van der Waals surface area contributed by atoms with Crippen LogP contribution in [0.4, 0.5) is 11.4 Å². The molecule has 0 saturated heterocycles. The molecule has 5 rings (SSSR count). The van der Waals surface area contributed by atoms with Crippen LogP contribution in [-0.4, -0.2) is 48.4 Å². The minimum absolute atomic E-state index is 0.00274. The van der Waals surface area contributed by atoms with Crippen LogP contribution < -0.4 is 25.6 Å². The largest absolute Gasteiger partial charge is 0.455 e. The molecule has 2 aromatic carbocycles. The third kappa shape index (κ3) is 5.39. The fourth-order valence-electron chi connectivity index (χ4n) is 4.43. The van der Waals surface area contributed by atoms with Gasteiger partial charge in [-0.3, -0.25) is 19.4 Å². The predicted octanol–water partition coefficient (Wildman–Crippen LogP) is 4.42. The van der Waals surface area contributed by atoms with E-state index in [1.165, 1.54) is 37.4 Å². The molecule has 2 heterocycles. The van der Waals surface area contributed by atoms with Crippen molar-refractivity contribution in [2.75, 3.05) is 29.4 Å². The summed E-state index contributed by atoms with van der Waals surface area (Å²) in [6.07, 6.45) is 5.31. The number of aromatic nitrogens is 1. The lowest BCUT2D eigenvalue weighted by atomic mass is 10.1. The van der Waals surface area contributed by atoms with Crippen molar-refractivity contribution in [1.82, 2.24) is 10.3 Å². The Hall–Kier alpha value is -3.82. The Morgan fingerprint density at radius 1 is 1.00 bits per heavy atom. The van der Waals surface area contributed by atoms with Gasteiger partial charge in [-0.2, -0.15) is 0 Å². The van der Waals surface area contributed by atoms with Crippen LogP contribution in [0, 0.1) is 0 Å². The number of primary amides is 1. The first-order valence-corrected chi connectivity index (χ1v) is 12.9. The maximum Gasteiger partial charge on any atom is 0.263 e. The maximum absolute atomic E-state index is 13.8. The summed E-state index contributed by atoms with van der Waals surface area (Å²) in [4.78, 5) is 45.4. The van der Waals surface area contributed by atoms with Crippen LogP contribution in [0.5, 0.6) is 11.5 Å². The highest BCUT2D eigenvalue weighted by molar-refractivity contribution is 6.36. The number of rotatable bonds is 8. The molecule has 1 aliphatic heterocycles. The van der Waals surface area contributed by atoms with Crippen molar-refractivity contribution in [3.05, 3.63) is 76.0 Å². The monoisotopic (exact) mass is 553 g/mol. The number of halogens is 2. The molecule has 1 aromatic heterocycles. The van der Waals surface area contributed by atoms with E-state index in [4.69, 9.17) is 33.7 Å². The zero-order valence-corrected chi connectivity index (χ0v) is 21.8. The molecule has 0 bridgehead atoms. The molecule has 9 nitrogen and oxygen atoms in total. The molecule has 3 aromatic rings. The molecule has 1 aliphatic carbocycles. The number of carbonyl (C=O) groups excluding carboxylic acids is 3. The Bertz CT molecular complexity index is 1410. The highest BCUT2D eigenvalue weighted by atomic mass is 35.5. The van der Waals surface area contributed by atoms with Crippen molar-refractivity contribution < 1.29 is 19.1 Å². The Morgan fingerprint density at radius 3 is 2.50 bits per heavy atom. The van der Waals surface area contributed by atoms with E-state index in [-0.39, 0.29) is 51.5 Å². The molecule has 0 unspecified atom stereocenters. The van der Waals surface area contributed by atoms with Gasteiger partial charge < -0.3 is 25.6 Å². The first-order valence-electron chi connectivity index (χ1n) is 12.2. The fourth-order valence-corrected chi connectivity index (χ4v) is 4.87. The van der Waals surface area contributed by atoms with Gasteiger partial charge in [0.25, 0.3) is 11.8 Å². The summed E-state index contributed by atoms with van der Waals surface area (Å²) in [6.45, 7) is 1.35.